The lowest BCUT2D eigenvalue weighted by Crippen LogP contribution is -2.12. The topological polar surface area (TPSA) is 89.0 Å². The number of amides is 1. The molecule has 1 N–H and O–H groups in total. The number of carbonyl (C=O) groups excluding carboxylic acids is 1. The molecular weight excluding hydrogens is 586 g/mol. The van der Waals surface area contributed by atoms with E-state index >= 15 is 0 Å². The summed E-state index contributed by atoms with van der Waals surface area (Å²) in [5, 5.41) is 3.93. The van der Waals surface area contributed by atoms with Crippen LogP contribution in [0.2, 0.25) is 0 Å². The van der Waals surface area contributed by atoms with Crippen LogP contribution in [-0.2, 0) is 16.3 Å². The molecule has 0 spiro atoms. The van der Waals surface area contributed by atoms with Gasteiger partial charge in [-0.2, -0.15) is 0 Å². The largest absolute Gasteiger partial charge is 0.321 e. The predicted octanol–water partition coefficient (Wildman–Crippen LogP) is 7.05. The van der Waals surface area contributed by atoms with Gasteiger partial charge in [0.15, 0.2) is 0 Å². The van der Waals surface area contributed by atoms with E-state index < -0.39 is 9.84 Å². The first-order valence-electron chi connectivity index (χ1n) is 12.8. The van der Waals surface area contributed by atoms with E-state index in [0.717, 1.165) is 49.6 Å². The van der Waals surface area contributed by atoms with Crippen LogP contribution < -0.4 is 5.32 Å². The van der Waals surface area contributed by atoms with Crippen LogP contribution in [0.1, 0.15) is 39.9 Å². The summed E-state index contributed by atoms with van der Waals surface area (Å²) in [6.45, 7) is 1.91. The Morgan fingerprint density at radius 2 is 1.73 bits per heavy atom. The molecule has 3 aromatic carbocycles. The van der Waals surface area contributed by atoms with E-state index in [2.05, 4.69) is 31.2 Å². The van der Waals surface area contributed by atoms with Crippen LogP contribution in [0, 0.1) is 0 Å². The second-order valence-electron chi connectivity index (χ2n) is 10.0. The Morgan fingerprint density at radius 3 is 2.48 bits per heavy atom. The van der Waals surface area contributed by atoms with Gasteiger partial charge in [0.2, 0.25) is 0 Å². The highest BCUT2D eigenvalue weighted by molar-refractivity contribution is 9.10. The minimum Gasteiger partial charge on any atom is -0.321 e. The molecule has 0 aliphatic heterocycles. The van der Waals surface area contributed by atoms with Gasteiger partial charge in [-0.25, -0.2) is 8.42 Å². The minimum atomic E-state index is -3.15. The molecule has 2 heterocycles. The summed E-state index contributed by atoms with van der Waals surface area (Å²) in [4.78, 5) is 22.0. The van der Waals surface area contributed by atoms with Gasteiger partial charge in [0.1, 0.15) is 9.84 Å². The lowest BCUT2D eigenvalue weighted by molar-refractivity contribution is 0.102. The zero-order valence-electron chi connectivity index (χ0n) is 22.1. The molecule has 0 bridgehead atoms. The van der Waals surface area contributed by atoms with Crippen molar-refractivity contribution in [3.63, 3.8) is 0 Å². The highest BCUT2D eigenvalue weighted by Crippen LogP contribution is 2.33. The highest BCUT2D eigenvalue weighted by atomic mass is 79.9. The van der Waals surface area contributed by atoms with Crippen molar-refractivity contribution in [1.82, 2.24) is 9.97 Å². The Bertz CT molecular complexity index is 1810. The van der Waals surface area contributed by atoms with Crippen molar-refractivity contribution >= 4 is 48.3 Å². The van der Waals surface area contributed by atoms with E-state index in [1.807, 2.05) is 79.7 Å². The first-order chi connectivity index (χ1) is 19.2. The van der Waals surface area contributed by atoms with Crippen LogP contribution >= 0.6 is 15.9 Å². The minimum absolute atomic E-state index is 0.0525. The Balaban J connectivity index is 1.42. The van der Waals surface area contributed by atoms with Crippen LogP contribution in [0.4, 0.5) is 5.69 Å². The smallest absolute Gasteiger partial charge is 0.255 e. The van der Waals surface area contributed by atoms with Crippen molar-refractivity contribution in [3.8, 4) is 11.1 Å². The molecule has 6 nitrogen and oxygen atoms in total. The third-order valence-electron chi connectivity index (χ3n) is 6.72. The molecule has 0 aliphatic carbocycles. The van der Waals surface area contributed by atoms with Crippen molar-refractivity contribution in [2.24, 2.45) is 0 Å². The molecule has 202 valence electrons. The predicted molar refractivity (Wildman–Crippen MR) is 164 cm³/mol. The van der Waals surface area contributed by atoms with E-state index in [1.165, 1.54) is 6.26 Å². The summed E-state index contributed by atoms with van der Waals surface area (Å²) in [7, 11) is -3.15. The molecule has 1 unspecified atom stereocenters. The monoisotopic (exact) mass is 613 g/mol. The van der Waals surface area contributed by atoms with Crippen molar-refractivity contribution in [2.75, 3.05) is 17.3 Å². The summed E-state index contributed by atoms with van der Waals surface area (Å²) < 4.78 is 24.7. The number of aromatic nitrogens is 2. The van der Waals surface area contributed by atoms with Crippen LogP contribution in [-0.4, -0.2) is 36.3 Å². The SMILES string of the molecule is CC(CS(C)(=O)=O)c1cc(-c2cccc(C(=O)Nc3ccc(Cc4ccncc4)cc3Br)c2)c2ncccc2c1. The molecule has 1 amide bonds. The van der Waals surface area contributed by atoms with E-state index in [4.69, 9.17) is 0 Å². The fraction of sp³-hybridized carbons (Fsp3) is 0.156. The maximum atomic E-state index is 13.3. The standard InChI is InChI=1S/C32H28BrN3O3S/c1-21(20-40(2,38)39)27-18-25-7-4-12-35-31(25)28(19-27)24-5-3-6-26(17-24)32(37)36-30-9-8-23(16-29(30)33)15-22-10-13-34-14-11-22/h3-14,16-19,21H,15,20H2,1-2H3,(H,36,37). The van der Waals surface area contributed by atoms with Gasteiger partial charge in [0.05, 0.1) is 17.0 Å². The molecule has 0 aliphatic rings. The lowest BCUT2D eigenvalue weighted by Gasteiger charge is -2.15. The number of nitrogens with zero attached hydrogens (tertiary/aromatic N) is 2. The Kier molecular flexibility index (Phi) is 8.09. The first-order valence-corrected chi connectivity index (χ1v) is 15.7. The molecule has 0 radical (unpaired) electrons. The van der Waals surface area contributed by atoms with E-state index in [0.29, 0.717) is 11.3 Å². The lowest BCUT2D eigenvalue weighted by atomic mass is 9.93. The van der Waals surface area contributed by atoms with Crippen LogP contribution in [0.15, 0.2) is 102 Å². The van der Waals surface area contributed by atoms with Gasteiger partial charge in [0, 0.05) is 45.8 Å². The molecular formula is C32H28BrN3O3S. The fourth-order valence-corrected chi connectivity index (χ4v) is 6.43. The molecule has 5 aromatic rings. The van der Waals surface area contributed by atoms with Gasteiger partial charge < -0.3 is 5.32 Å². The van der Waals surface area contributed by atoms with E-state index in [1.54, 1.807) is 24.7 Å². The van der Waals surface area contributed by atoms with Gasteiger partial charge in [-0.3, -0.25) is 14.8 Å². The molecule has 0 fully saturated rings. The zero-order chi connectivity index (χ0) is 28.3. The van der Waals surface area contributed by atoms with Crippen LogP contribution in [0.3, 0.4) is 0 Å². The molecule has 0 saturated carbocycles. The Morgan fingerprint density at radius 1 is 0.925 bits per heavy atom. The number of hydrogen-bond donors (Lipinski definition) is 1. The Hall–Kier alpha value is -3.88. The summed E-state index contributed by atoms with van der Waals surface area (Å²) >= 11 is 3.60. The number of benzene rings is 3. The maximum Gasteiger partial charge on any atom is 0.255 e. The third kappa shape index (κ3) is 6.63. The fourth-order valence-electron chi connectivity index (χ4n) is 4.80. The first kappa shape index (κ1) is 27.7. The second kappa shape index (κ2) is 11.7. The van der Waals surface area contributed by atoms with Gasteiger partial charge in [0.25, 0.3) is 5.91 Å². The van der Waals surface area contributed by atoms with Crippen molar-refractivity contribution in [3.05, 3.63) is 124 Å². The van der Waals surface area contributed by atoms with Crippen molar-refractivity contribution in [1.29, 1.82) is 0 Å². The molecule has 5 rings (SSSR count). The van der Waals surface area contributed by atoms with Gasteiger partial charge in [-0.15, -0.1) is 0 Å². The van der Waals surface area contributed by atoms with Crippen molar-refractivity contribution in [2.45, 2.75) is 19.3 Å². The molecule has 2 aromatic heterocycles. The van der Waals surface area contributed by atoms with Gasteiger partial charge in [-0.1, -0.05) is 31.2 Å². The molecule has 0 saturated heterocycles. The quantitative estimate of drug-likeness (QED) is 0.202. The van der Waals surface area contributed by atoms with E-state index in [9.17, 15) is 13.2 Å². The third-order valence-corrected chi connectivity index (χ3v) is 8.49. The van der Waals surface area contributed by atoms with E-state index in [-0.39, 0.29) is 17.6 Å². The summed E-state index contributed by atoms with van der Waals surface area (Å²) in [5.41, 5.74) is 6.84. The normalized spacial score (nSPS) is 12.3. The highest BCUT2D eigenvalue weighted by Gasteiger charge is 2.17. The maximum absolute atomic E-state index is 13.3. The van der Waals surface area contributed by atoms with Crippen molar-refractivity contribution < 1.29 is 13.2 Å². The molecule has 8 heteroatoms. The second-order valence-corrected chi connectivity index (χ2v) is 13.1. The number of pyridine rings is 2. The van der Waals surface area contributed by atoms with Gasteiger partial charge >= 0.3 is 0 Å². The average molecular weight is 615 g/mol. The Labute approximate surface area is 242 Å². The number of rotatable bonds is 8. The summed E-state index contributed by atoms with van der Waals surface area (Å²) in [6, 6.07) is 25.1. The average Bonchev–Trinajstić information content (AvgIpc) is 2.93. The number of sulfone groups is 1. The molecule has 40 heavy (non-hydrogen) atoms. The zero-order valence-corrected chi connectivity index (χ0v) is 24.5. The van der Waals surface area contributed by atoms with Crippen LogP contribution in [0.5, 0.6) is 0 Å². The summed E-state index contributed by atoms with van der Waals surface area (Å²) in [5.74, 6) is -0.372. The number of hydrogen-bond acceptors (Lipinski definition) is 5. The number of carbonyl (C=O) groups is 1. The molecule has 1 atom stereocenters. The number of anilines is 1. The summed E-state index contributed by atoms with van der Waals surface area (Å²) in [6.07, 6.45) is 7.30. The number of fused-ring (bicyclic) bond motifs is 1. The number of nitrogens with one attached hydrogen (secondary N) is 1. The van der Waals surface area contributed by atoms with Crippen LogP contribution in [0.25, 0.3) is 22.0 Å². The number of halogens is 1. The van der Waals surface area contributed by atoms with Gasteiger partial charge in [-0.05, 0) is 105 Å².